The molecule has 0 fully saturated rings. The number of nitrogens with one attached hydrogen (secondary N) is 3. The van der Waals surface area contributed by atoms with Crippen molar-refractivity contribution in [2.45, 2.75) is 6.92 Å². The number of aromatic nitrogens is 1. The molecule has 6 heteroatoms. The maximum atomic E-state index is 11.9. The number of carbonyl (C=O) groups is 2. The molecule has 0 aliphatic heterocycles. The first-order valence-corrected chi connectivity index (χ1v) is 6.48. The van der Waals surface area contributed by atoms with Gasteiger partial charge >= 0.3 is 0 Å². The van der Waals surface area contributed by atoms with Crippen LogP contribution < -0.4 is 16.2 Å². The number of aromatic amines is 1. The van der Waals surface area contributed by atoms with Crippen LogP contribution in [0.4, 0.5) is 5.69 Å². The second-order valence-electron chi connectivity index (χ2n) is 4.33. The van der Waals surface area contributed by atoms with Crippen molar-refractivity contribution < 1.29 is 9.59 Å². The predicted octanol–water partition coefficient (Wildman–Crippen LogP) is 1.38. The molecule has 0 radical (unpaired) electrons. The SMILES string of the molecule is CCNC(=O)c1ccc(NC(=O)c2ccc(=O)[nH]c2)cc1. The second kappa shape index (κ2) is 6.51. The minimum Gasteiger partial charge on any atom is -0.352 e. The Morgan fingerprint density at radius 2 is 1.67 bits per heavy atom. The number of anilines is 1. The largest absolute Gasteiger partial charge is 0.352 e. The van der Waals surface area contributed by atoms with E-state index in [0.717, 1.165) is 0 Å². The fourth-order valence-corrected chi connectivity index (χ4v) is 1.72. The van der Waals surface area contributed by atoms with Crippen molar-refractivity contribution in [3.8, 4) is 0 Å². The van der Waals surface area contributed by atoms with Crippen molar-refractivity contribution in [3.63, 3.8) is 0 Å². The number of amides is 2. The highest BCUT2D eigenvalue weighted by molar-refractivity contribution is 6.04. The summed E-state index contributed by atoms with van der Waals surface area (Å²) in [6.07, 6.45) is 1.35. The summed E-state index contributed by atoms with van der Waals surface area (Å²) in [6.45, 7) is 2.40. The fourth-order valence-electron chi connectivity index (χ4n) is 1.72. The van der Waals surface area contributed by atoms with Crippen LogP contribution in [0.1, 0.15) is 27.6 Å². The molecule has 0 atom stereocenters. The maximum Gasteiger partial charge on any atom is 0.257 e. The van der Waals surface area contributed by atoms with Crippen LogP contribution >= 0.6 is 0 Å². The summed E-state index contributed by atoms with van der Waals surface area (Å²) in [5, 5.41) is 5.38. The van der Waals surface area contributed by atoms with Gasteiger partial charge in [-0.25, -0.2) is 0 Å². The number of pyridine rings is 1. The molecule has 1 aromatic carbocycles. The lowest BCUT2D eigenvalue weighted by atomic mass is 10.2. The van der Waals surface area contributed by atoms with Crippen LogP contribution in [0, 0.1) is 0 Å². The van der Waals surface area contributed by atoms with Crippen LogP contribution in [0.15, 0.2) is 47.4 Å². The molecule has 0 bridgehead atoms. The molecule has 2 rings (SSSR count). The average Bonchev–Trinajstić information content (AvgIpc) is 2.49. The third kappa shape index (κ3) is 3.79. The van der Waals surface area contributed by atoms with E-state index in [2.05, 4.69) is 15.6 Å². The number of hydrogen-bond donors (Lipinski definition) is 3. The smallest absolute Gasteiger partial charge is 0.257 e. The number of H-pyrrole nitrogens is 1. The number of carbonyl (C=O) groups excluding carboxylic acids is 2. The Morgan fingerprint density at radius 3 is 2.24 bits per heavy atom. The Labute approximate surface area is 121 Å². The predicted molar refractivity (Wildman–Crippen MR) is 79.5 cm³/mol. The molecule has 21 heavy (non-hydrogen) atoms. The normalized spacial score (nSPS) is 9.95. The maximum absolute atomic E-state index is 11.9. The van der Waals surface area contributed by atoms with Crippen molar-refractivity contribution in [1.82, 2.24) is 10.3 Å². The highest BCUT2D eigenvalue weighted by atomic mass is 16.2. The van der Waals surface area contributed by atoms with Crippen molar-refractivity contribution in [2.24, 2.45) is 0 Å². The summed E-state index contributed by atoms with van der Waals surface area (Å²) in [5.41, 5.74) is 1.18. The van der Waals surface area contributed by atoms with E-state index in [1.807, 2.05) is 6.92 Å². The fraction of sp³-hybridized carbons (Fsp3) is 0.133. The summed E-state index contributed by atoms with van der Waals surface area (Å²) in [4.78, 5) is 36.9. The van der Waals surface area contributed by atoms with Gasteiger partial charge in [-0.15, -0.1) is 0 Å². The molecule has 0 saturated heterocycles. The second-order valence-corrected chi connectivity index (χ2v) is 4.33. The van der Waals surface area contributed by atoms with Crippen molar-refractivity contribution in [3.05, 3.63) is 64.1 Å². The van der Waals surface area contributed by atoms with Gasteiger partial charge < -0.3 is 15.6 Å². The van der Waals surface area contributed by atoms with Gasteiger partial charge in [-0.1, -0.05) is 0 Å². The number of benzene rings is 1. The molecule has 1 aromatic heterocycles. The van der Waals surface area contributed by atoms with E-state index >= 15 is 0 Å². The molecular weight excluding hydrogens is 270 g/mol. The van der Waals surface area contributed by atoms with Gasteiger partial charge in [-0.05, 0) is 37.3 Å². The van der Waals surface area contributed by atoms with Crippen LogP contribution in [0.5, 0.6) is 0 Å². The molecule has 0 saturated carbocycles. The first-order chi connectivity index (χ1) is 10.1. The highest BCUT2D eigenvalue weighted by Crippen LogP contribution is 2.11. The third-order valence-electron chi connectivity index (χ3n) is 2.79. The van der Waals surface area contributed by atoms with E-state index in [9.17, 15) is 14.4 Å². The lowest BCUT2D eigenvalue weighted by molar-refractivity contribution is 0.0955. The minimum atomic E-state index is -0.336. The van der Waals surface area contributed by atoms with E-state index in [1.54, 1.807) is 24.3 Å². The zero-order valence-electron chi connectivity index (χ0n) is 11.5. The molecule has 0 aliphatic rings. The standard InChI is InChI=1S/C15H15N3O3/c1-2-16-14(20)10-3-6-12(7-4-10)18-15(21)11-5-8-13(19)17-9-11/h3-9H,2H2,1H3,(H,16,20)(H,17,19)(H,18,21). The summed E-state index contributed by atoms with van der Waals surface area (Å²) < 4.78 is 0. The van der Waals surface area contributed by atoms with Gasteiger partial charge in [0.25, 0.3) is 11.8 Å². The monoisotopic (exact) mass is 285 g/mol. The highest BCUT2D eigenvalue weighted by Gasteiger charge is 2.07. The van der Waals surface area contributed by atoms with E-state index in [4.69, 9.17) is 0 Å². The van der Waals surface area contributed by atoms with Gasteiger partial charge in [-0.3, -0.25) is 14.4 Å². The van der Waals surface area contributed by atoms with E-state index in [-0.39, 0.29) is 17.4 Å². The van der Waals surface area contributed by atoms with Gasteiger partial charge in [-0.2, -0.15) is 0 Å². The summed E-state index contributed by atoms with van der Waals surface area (Å²) in [6, 6.07) is 9.29. The van der Waals surface area contributed by atoms with Gasteiger partial charge in [0, 0.05) is 30.1 Å². The Hall–Kier alpha value is -2.89. The van der Waals surface area contributed by atoms with Gasteiger partial charge in [0.15, 0.2) is 0 Å². The van der Waals surface area contributed by atoms with Crippen molar-refractivity contribution >= 4 is 17.5 Å². The van der Waals surface area contributed by atoms with E-state index < -0.39 is 0 Å². The zero-order valence-corrected chi connectivity index (χ0v) is 11.5. The molecule has 2 aromatic rings. The molecule has 1 heterocycles. The van der Waals surface area contributed by atoms with Crippen LogP contribution in [0.25, 0.3) is 0 Å². The molecule has 0 unspecified atom stereocenters. The molecule has 108 valence electrons. The Morgan fingerprint density at radius 1 is 1.00 bits per heavy atom. The van der Waals surface area contributed by atoms with Crippen LogP contribution in [-0.4, -0.2) is 23.3 Å². The summed E-state index contributed by atoms with van der Waals surface area (Å²) in [7, 11) is 0. The first kappa shape index (κ1) is 14.5. The topological polar surface area (TPSA) is 91.1 Å². The minimum absolute atomic E-state index is 0.156. The summed E-state index contributed by atoms with van der Waals surface area (Å²) >= 11 is 0. The van der Waals surface area contributed by atoms with Crippen LogP contribution in [0.2, 0.25) is 0 Å². The Balaban J connectivity index is 2.06. The van der Waals surface area contributed by atoms with Gasteiger partial charge in [0.05, 0.1) is 5.56 Å². The lowest BCUT2D eigenvalue weighted by Gasteiger charge is -2.06. The van der Waals surface area contributed by atoms with Gasteiger partial charge in [0.1, 0.15) is 0 Å². The van der Waals surface area contributed by atoms with Crippen molar-refractivity contribution in [2.75, 3.05) is 11.9 Å². The lowest BCUT2D eigenvalue weighted by Crippen LogP contribution is -2.22. The molecule has 6 nitrogen and oxygen atoms in total. The third-order valence-corrected chi connectivity index (χ3v) is 2.79. The molecule has 0 spiro atoms. The molecule has 3 N–H and O–H groups in total. The zero-order chi connectivity index (χ0) is 15.2. The van der Waals surface area contributed by atoms with E-state index in [1.165, 1.54) is 18.3 Å². The molecule has 2 amide bonds. The number of hydrogen-bond acceptors (Lipinski definition) is 3. The van der Waals surface area contributed by atoms with Crippen molar-refractivity contribution in [1.29, 1.82) is 0 Å². The number of rotatable bonds is 4. The van der Waals surface area contributed by atoms with Crippen LogP contribution in [0.3, 0.4) is 0 Å². The molecular formula is C15H15N3O3. The first-order valence-electron chi connectivity index (χ1n) is 6.48. The quantitative estimate of drug-likeness (QED) is 0.792. The van der Waals surface area contributed by atoms with Crippen LogP contribution in [-0.2, 0) is 0 Å². The Bertz CT molecular complexity index is 684. The summed E-state index contributed by atoms with van der Waals surface area (Å²) in [5.74, 6) is -0.493. The molecule has 0 aliphatic carbocycles. The van der Waals surface area contributed by atoms with E-state index in [0.29, 0.717) is 23.4 Å². The Kier molecular flexibility index (Phi) is 4.50. The average molecular weight is 285 g/mol. The van der Waals surface area contributed by atoms with Gasteiger partial charge in [0.2, 0.25) is 5.56 Å².